The number of hydrogen-bond acceptors (Lipinski definition) is 5. The van der Waals surface area contributed by atoms with Gasteiger partial charge in [-0.1, -0.05) is 11.6 Å². The fourth-order valence-corrected chi connectivity index (χ4v) is 2.39. The van der Waals surface area contributed by atoms with Crippen LogP contribution in [0.5, 0.6) is 11.5 Å². The number of nitrogens with zero attached hydrogens (tertiary/aromatic N) is 2. The van der Waals surface area contributed by atoms with Gasteiger partial charge in [0.15, 0.2) is 11.5 Å². The Morgan fingerprint density at radius 2 is 1.88 bits per heavy atom. The third kappa shape index (κ3) is 3.50. The van der Waals surface area contributed by atoms with Gasteiger partial charge in [-0.3, -0.25) is 15.1 Å². The predicted molar refractivity (Wildman–Crippen MR) is 82.9 cm³/mol. The largest absolute Gasteiger partial charge is 0.454 e. The Kier molecular flexibility index (Phi) is 4.25. The lowest BCUT2D eigenvalue weighted by Gasteiger charge is -2.09. The van der Waals surface area contributed by atoms with E-state index in [-0.39, 0.29) is 29.5 Å². The zero-order valence-corrected chi connectivity index (χ0v) is 13.0. The maximum absolute atomic E-state index is 12.9. The van der Waals surface area contributed by atoms with Crippen LogP contribution in [0.2, 0.25) is 5.02 Å². The molecule has 0 spiro atoms. The summed E-state index contributed by atoms with van der Waals surface area (Å²) in [5, 5.41) is 10.7. The van der Waals surface area contributed by atoms with Gasteiger partial charge < -0.3 is 9.47 Å². The third-order valence-corrected chi connectivity index (χ3v) is 3.66. The summed E-state index contributed by atoms with van der Waals surface area (Å²) in [5.74, 6) is 0.508. The molecular weight excluding hydrogens is 365 g/mol. The third-order valence-electron chi connectivity index (χ3n) is 3.33. The fraction of sp³-hybridized carbons (Fsp3) is 0.133. The molecule has 0 bridgehead atoms. The van der Waals surface area contributed by atoms with Crippen LogP contribution in [0.15, 0.2) is 35.3 Å². The van der Waals surface area contributed by atoms with Crippen LogP contribution in [-0.4, -0.2) is 17.9 Å². The number of nitro benzene ring substituents is 1. The molecule has 1 aliphatic heterocycles. The first-order valence-electron chi connectivity index (χ1n) is 6.74. The van der Waals surface area contributed by atoms with Crippen molar-refractivity contribution in [3.05, 3.63) is 56.6 Å². The maximum Gasteiger partial charge on any atom is 0.417 e. The Morgan fingerprint density at radius 1 is 1.20 bits per heavy atom. The normalized spacial score (nSPS) is 13.4. The summed E-state index contributed by atoms with van der Waals surface area (Å²) in [6.07, 6.45) is -3.54. The molecule has 0 saturated heterocycles. The van der Waals surface area contributed by atoms with E-state index >= 15 is 0 Å². The van der Waals surface area contributed by atoms with Crippen LogP contribution < -0.4 is 9.47 Å². The van der Waals surface area contributed by atoms with E-state index < -0.39 is 21.7 Å². The Hall–Kier alpha value is -2.81. The van der Waals surface area contributed by atoms with E-state index in [1.165, 1.54) is 18.2 Å². The van der Waals surface area contributed by atoms with Crippen molar-refractivity contribution in [2.24, 2.45) is 4.99 Å². The molecule has 0 fully saturated rings. The molecule has 0 unspecified atom stereocenters. The second-order valence-electron chi connectivity index (χ2n) is 4.94. The minimum Gasteiger partial charge on any atom is -0.454 e. The SMILES string of the molecule is O=[N+]([O-])c1cc2c(cc1C=Nc1ccc(Cl)c(C(F)(F)F)c1)OCO2. The van der Waals surface area contributed by atoms with Gasteiger partial charge in [0.2, 0.25) is 6.79 Å². The van der Waals surface area contributed by atoms with Crippen molar-refractivity contribution >= 4 is 29.2 Å². The number of halogens is 4. The predicted octanol–water partition coefficient (Wildman–Crippen LogP) is 4.75. The van der Waals surface area contributed by atoms with E-state index in [2.05, 4.69) is 4.99 Å². The molecule has 0 N–H and O–H groups in total. The first-order valence-corrected chi connectivity index (χ1v) is 7.12. The molecule has 0 atom stereocenters. The number of nitro groups is 1. The molecular formula is C15H8ClF3N2O4. The topological polar surface area (TPSA) is 74.0 Å². The molecule has 6 nitrogen and oxygen atoms in total. The highest BCUT2D eigenvalue weighted by molar-refractivity contribution is 6.31. The molecule has 2 aromatic carbocycles. The first-order chi connectivity index (χ1) is 11.8. The minimum absolute atomic E-state index is 0.0521. The second-order valence-corrected chi connectivity index (χ2v) is 5.35. The van der Waals surface area contributed by atoms with Crippen molar-refractivity contribution in [1.29, 1.82) is 0 Å². The zero-order chi connectivity index (χ0) is 18.2. The summed E-state index contributed by atoms with van der Waals surface area (Å²) >= 11 is 5.54. The fourth-order valence-electron chi connectivity index (χ4n) is 2.16. The average Bonchev–Trinajstić information content (AvgIpc) is 2.99. The summed E-state index contributed by atoms with van der Waals surface area (Å²) in [4.78, 5) is 14.4. The molecule has 0 radical (unpaired) electrons. The molecule has 1 aliphatic rings. The summed E-state index contributed by atoms with van der Waals surface area (Å²) in [5.41, 5.74) is -1.33. The van der Waals surface area contributed by atoms with Crippen LogP contribution in [0, 0.1) is 10.1 Å². The number of alkyl halides is 3. The zero-order valence-electron chi connectivity index (χ0n) is 12.2. The van der Waals surface area contributed by atoms with Gasteiger partial charge in [0.25, 0.3) is 5.69 Å². The van der Waals surface area contributed by atoms with Crippen LogP contribution in [-0.2, 0) is 6.18 Å². The number of aliphatic imine (C=N–C) groups is 1. The van der Waals surface area contributed by atoms with E-state index in [1.54, 1.807) is 0 Å². The van der Waals surface area contributed by atoms with E-state index in [1.807, 2.05) is 0 Å². The van der Waals surface area contributed by atoms with E-state index in [4.69, 9.17) is 21.1 Å². The molecule has 0 amide bonds. The summed E-state index contributed by atoms with van der Waals surface area (Å²) < 4.78 is 48.8. The lowest BCUT2D eigenvalue weighted by Crippen LogP contribution is -2.05. The maximum atomic E-state index is 12.9. The molecule has 25 heavy (non-hydrogen) atoms. The van der Waals surface area contributed by atoms with Crippen LogP contribution >= 0.6 is 11.6 Å². The summed E-state index contributed by atoms with van der Waals surface area (Å²) in [7, 11) is 0. The highest BCUT2D eigenvalue weighted by Crippen LogP contribution is 2.38. The van der Waals surface area contributed by atoms with E-state index in [9.17, 15) is 23.3 Å². The van der Waals surface area contributed by atoms with Crippen molar-refractivity contribution in [2.75, 3.05) is 6.79 Å². The van der Waals surface area contributed by atoms with Crippen LogP contribution in [0.3, 0.4) is 0 Å². The first kappa shape index (κ1) is 17.0. The van der Waals surface area contributed by atoms with Crippen LogP contribution in [0.1, 0.15) is 11.1 Å². The Morgan fingerprint density at radius 3 is 2.52 bits per heavy atom. The van der Waals surface area contributed by atoms with Gasteiger partial charge in [-0.05, 0) is 24.3 Å². The Bertz CT molecular complexity index is 884. The number of hydrogen-bond donors (Lipinski definition) is 0. The van der Waals surface area contributed by atoms with Gasteiger partial charge in [0, 0.05) is 6.21 Å². The lowest BCUT2D eigenvalue weighted by molar-refractivity contribution is -0.385. The van der Waals surface area contributed by atoms with Gasteiger partial charge in [0.1, 0.15) is 0 Å². The van der Waals surface area contributed by atoms with Gasteiger partial charge >= 0.3 is 6.18 Å². The lowest BCUT2D eigenvalue weighted by atomic mass is 10.1. The summed E-state index contributed by atoms with van der Waals surface area (Å²) in [6, 6.07) is 5.60. The Labute approximate surface area is 143 Å². The van der Waals surface area contributed by atoms with Crippen molar-refractivity contribution in [3.8, 4) is 11.5 Å². The molecule has 0 saturated carbocycles. The summed E-state index contributed by atoms with van der Waals surface area (Å²) in [6.45, 7) is -0.0702. The number of ether oxygens (including phenoxy) is 2. The average molecular weight is 373 g/mol. The van der Waals surface area contributed by atoms with Crippen LogP contribution in [0.25, 0.3) is 0 Å². The minimum atomic E-state index is -4.63. The van der Waals surface area contributed by atoms with Gasteiger partial charge in [0.05, 0.1) is 32.8 Å². The monoisotopic (exact) mass is 372 g/mol. The standard InChI is InChI=1S/C15H8ClF3N2O4/c16-11-2-1-9(4-10(11)15(17,18)19)20-6-8-3-13-14(25-7-24-13)5-12(8)21(22)23/h1-6H,7H2. The van der Waals surface area contributed by atoms with Gasteiger partial charge in [-0.15, -0.1) is 0 Å². The smallest absolute Gasteiger partial charge is 0.417 e. The number of fused-ring (bicyclic) bond motifs is 1. The van der Waals surface area contributed by atoms with Crippen molar-refractivity contribution < 1.29 is 27.6 Å². The molecule has 1 heterocycles. The number of benzene rings is 2. The molecule has 2 aromatic rings. The van der Waals surface area contributed by atoms with Crippen molar-refractivity contribution in [3.63, 3.8) is 0 Å². The Balaban J connectivity index is 1.99. The van der Waals surface area contributed by atoms with Crippen molar-refractivity contribution in [2.45, 2.75) is 6.18 Å². The second kappa shape index (κ2) is 6.25. The highest BCUT2D eigenvalue weighted by Gasteiger charge is 2.33. The van der Waals surface area contributed by atoms with E-state index in [0.29, 0.717) is 5.75 Å². The van der Waals surface area contributed by atoms with Crippen LogP contribution in [0.4, 0.5) is 24.5 Å². The van der Waals surface area contributed by atoms with Gasteiger partial charge in [-0.2, -0.15) is 13.2 Å². The molecule has 130 valence electrons. The molecule has 10 heteroatoms. The quantitative estimate of drug-likeness (QED) is 0.443. The highest BCUT2D eigenvalue weighted by atomic mass is 35.5. The number of rotatable bonds is 3. The molecule has 0 aromatic heterocycles. The molecule has 3 rings (SSSR count). The molecule has 0 aliphatic carbocycles. The van der Waals surface area contributed by atoms with Crippen molar-refractivity contribution in [1.82, 2.24) is 0 Å². The van der Waals surface area contributed by atoms with Gasteiger partial charge in [-0.25, -0.2) is 0 Å². The van der Waals surface area contributed by atoms with E-state index in [0.717, 1.165) is 18.3 Å².